The zero-order chi connectivity index (χ0) is 12.3. The van der Waals surface area contributed by atoms with Crippen LogP contribution in [0.2, 0.25) is 0 Å². The Morgan fingerprint density at radius 1 is 1.35 bits per heavy atom. The molecule has 1 aliphatic rings. The summed E-state index contributed by atoms with van der Waals surface area (Å²) in [4.78, 5) is 5.95. The Morgan fingerprint density at radius 2 is 2.12 bits per heavy atom. The van der Waals surface area contributed by atoms with Crippen molar-refractivity contribution in [3.05, 3.63) is 15.6 Å². The standard InChI is InChI=1S/C13H22N2S2/c1-9-10(2)17-13(15-9)8-14-11-6-4-5-7-12(11)16-3/h11-12,14H,4-8H2,1-3H3. The van der Waals surface area contributed by atoms with E-state index in [1.165, 1.54) is 41.3 Å². The average molecular weight is 270 g/mol. The van der Waals surface area contributed by atoms with Gasteiger partial charge in [0.05, 0.1) is 5.69 Å². The highest BCUT2D eigenvalue weighted by Crippen LogP contribution is 2.27. The van der Waals surface area contributed by atoms with Gasteiger partial charge in [-0.25, -0.2) is 4.98 Å². The van der Waals surface area contributed by atoms with E-state index < -0.39 is 0 Å². The Balaban J connectivity index is 1.88. The lowest BCUT2D eigenvalue weighted by atomic mass is 9.95. The van der Waals surface area contributed by atoms with Crippen LogP contribution < -0.4 is 5.32 Å². The van der Waals surface area contributed by atoms with Crippen molar-refractivity contribution < 1.29 is 0 Å². The van der Waals surface area contributed by atoms with Gasteiger partial charge in [0, 0.05) is 22.7 Å². The van der Waals surface area contributed by atoms with E-state index in [1.54, 1.807) is 0 Å². The Bertz CT molecular complexity index is 343. The predicted molar refractivity (Wildman–Crippen MR) is 78.0 cm³/mol. The van der Waals surface area contributed by atoms with Crippen molar-refractivity contribution in [3.8, 4) is 0 Å². The van der Waals surface area contributed by atoms with Crippen molar-refractivity contribution in [2.75, 3.05) is 6.26 Å². The smallest absolute Gasteiger partial charge is 0.107 e. The van der Waals surface area contributed by atoms with Crippen molar-refractivity contribution >= 4 is 23.1 Å². The van der Waals surface area contributed by atoms with Crippen molar-refractivity contribution in [3.63, 3.8) is 0 Å². The number of hydrogen-bond donors (Lipinski definition) is 1. The molecule has 1 saturated carbocycles. The second-order valence-corrected chi connectivity index (χ2v) is 7.16. The Hall–Kier alpha value is -0.0600. The van der Waals surface area contributed by atoms with Crippen LogP contribution in [-0.2, 0) is 6.54 Å². The fraction of sp³-hybridized carbons (Fsp3) is 0.769. The van der Waals surface area contributed by atoms with Gasteiger partial charge in [0.2, 0.25) is 0 Å². The minimum absolute atomic E-state index is 0.684. The summed E-state index contributed by atoms with van der Waals surface area (Å²) in [7, 11) is 0. The monoisotopic (exact) mass is 270 g/mol. The van der Waals surface area contributed by atoms with Gasteiger partial charge in [-0.15, -0.1) is 11.3 Å². The number of nitrogens with one attached hydrogen (secondary N) is 1. The van der Waals surface area contributed by atoms with E-state index in [0.29, 0.717) is 6.04 Å². The largest absolute Gasteiger partial charge is 0.307 e. The molecule has 0 amide bonds. The van der Waals surface area contributed by atoms with Gasteiger partial charge < -0.3 is 5.32 Å². The second-order valence-electron chi connectivity index (χ2n) is 4.80. The molecule has 1 aromatic rings. The average Bonchev–Trinajstić information content (AvgIpc) is 2.66. The number of thiazole rings is 1. The van der Waals surface area contributed by atoms with Gasteiger partial charge in [-0.05, 0) is 32.9 Å². The lowest BCUT2D eigenvalue weighted by molar-refractivity contribution is 0.383. The van der Waals surface area contributed by atoms with Crippen LogP contribution in [-0.4, -0.2) is 22.5 Å². The molecule has 1 aliphatic carbocycles. The van der Waals surface area contributed by atoms with Crippen LogP contribution in [0.15, 0.2) is 0 Å². The fourth-order valence-electron chi connectivity index (χ4n) is 2.45. The molecular formula is C13H22N2S2. The van der Waals surface area contributed by atoms with E-state index in [0.717, 1.165) is 11.8 Å². The lowest BCUT2D eigenvalue weighted by Crippen LogP contribution is -2.39. The summed E-state index contributed by atoms with van der Waals surface area (Å²) in [6, 6.07) is 0.684. The summed E-state index contributed by atoms with van der Waals surface area (Å²) in [6.07, 6.45) is 7.72. The summed E-state index contributed by atoms with van der Waals surface area (Å²) < 4.78 is 0. The molecule has 1 fully saturated rings. The van der Waals surface area contributed by atoms with Crippen LogP contribution in [0.25, 0.3) is 0 Å². The molecular weight excluding hydrogens is 248 g/mol. The molecule has 1 aromatic heterocycles. The zero-order valence-electron chi connectivity index (χ0n) is 11.0. The highest BCUT2D eigenvalue weighted by Gasteiger charge is 2.23. The first-order valence-corrected chi connectivity index (χ1v) is 8.50. The summed E-state index contributed by atoms with van der Waals surface area (Å²) in [5.74, 6) is 0. The van der Waals surface area contributed by atoms with E-state index >= 15 is 0 Å². The topological polar surface area (TPSA) is 24.9 Å². The highest BCUT2D eigenvalue weighted by atomic mass is 32.2. The molecule has 2 rings (SSSR count). The van der Waals surface area contributed by atoms with Crippen LogP contribution >= 0.6 is 23.1 Å². The molecule has 0 aliphatic heterocycles. The number of thioether (sulfide) groups is 1. The van der Waals surface area contributed by atoms with Gasteiger partial charge in [0.25, 0.3) is 0 Å². The molecule has 2 unspecified atom stereocenters. The van der Waals surface area contributed by atoms with Crippen LogP contribution in [0.4, 0.5) is 0 Å². The maximum atomic E-state index is 4.59. The maximum Gasteiger partial charge on any atom is 0.107 e. The third-order valence-electron chi connectivity index (χ3n) is 3.59. The van der Waals surface area contributed by atoms with Crippen molar-refractivity contribution in [1.29, 1.82) is 0 Å². The Labute approximate surface area is 113 Å². The minimum Gasteiger partial charge on any atom is -0.307 e. The maximum absolute atomic E-state index is 4.59. The van der Waals surface area contributed by atoms with Crippen LogP contribution in [0.3, 0.4) is 0 Å². The molecule has 0 bridgehead atoms. The lowest BCUT2D eigenvalue weighted by Gasteiger charge is -2.30. The highest BCUT2D eigenvalue weighted by molar-refractivity contribution is 7.99. The molecule has 0 aromatic carbocycles. The van der Waals surface area contributed by atoms with E-state index in [2.05, 4.69) is 30.4 Å². The zero-order valence-corrected chi connectivity index (χ0v) is 12.6. The molecule has 17 heavy (non-hydrogen) atoms. The number of aromatic nitrogens is 1. The molecule has 0 saturated heterocycles. The third kappa shape index (κ3) is 3.46. The van der Waals surface area contributed by atoms with Gasteiger partial charge in [0.15, 0.2) is 0 Å². The molecule has 2 nitrogen and oxygen atoms in total. The quantitative estimate of drug-likeness (QED) is 0.906. The van der Waals surface area contributed by atoms with Gasteiger partial charge in [-0.2, -0.15) is 11.8 Å². The van der Waals surface area contributed by atoms with Gasteiger partial charge >= 0.3 is 0 Å². The summed E-state index contributed by atoms with van der Waals surface area (Å²) in [6.45, 7) is 5.20. The minimum atomic E-state index is 0.684. The second kappa shape index (κ2) is 6.21. The molecule has 0 spiro atoms. The first-order valence-electron chi connectivity index (χ1n) is 6.40. The molecule has 96 valence electrons. The number of rotatable bonds is 4. The van der Waals surface area contributed by atoms with E-state index in [-0.39, 0.29) is 0 Å². The number of nitrogens with zero attached hydrogens (tertiary/aromatic N) is 1. The van der Waals surface area contributed by atoms with Crippen LogP contribution in [0.5, 0.6) is 0 Å². The van der Waals surface area contributed by atoms with Gasteiger partial charge in [-0.3, -0.25) is 0 Å². The van der Waals surface area contributed by atoms with E-state index in [1.807, 2.05) is 23.1 Å². The van der Waals surface area contributed by atoms with Gasteiger partial charge in [-0.1, -0.05) is 12.8 Å². The normalized spacial score (nSPS) is 25.1. The summed E-state index contributed by atoms with van der Waals surface area (Å²) >= 11 is 3.85. The summed E-state index contributed by atoms with van der Waals surface area (Å²) in [5, 5.41) is 5.74. The summed E-state index contributed by atoms with van der Waals surface area (Å²) in [5.41, 5.74) is 1.19. The van der Waals surface area contributed by atoms with Gasteiger partial charge in [0.1, 0.15) is 5.01 Å². The SMILES string of the molecule is CSC1CCCCC1NCc1nc(C)c(C)s1. The Morgan fingerprint density at radius 3 is 2.76 bits per heavy atom. The van der Waals surface area contributed by atoms with Crippen LogP contribution in [0, 0.1) is 13.8 Å². The molecule has 2 atom stereocenters. The molecule has 1 N–H and O–H groups in total. The van der Waals surface area contributed by atoms with Crippen molar-refractivity contribution in [2.24, 2.45) is 0 Å². The van der Waals surface area contributed by atoms with E-state index in [9.17, 15) is 0 Å². The molecule has 1 heterocycles. The van der Waals surface area contributed by atoms with Crippen LogP contribution in [0.1, 0.15) is 41.3 Å². The number of hydrogen-bond acceptors (Lipinski definition) is 4. The Kier molecular flexibility index (Phi) is 4.88. The number of aryl methyl sites for hydroxylation is 2. The van der Waals surface area contributed by atoms with Crippen molar-refractivity contribution in [1.82, 2.24) is 10.3 Å². The first-order chi connectivity index (χ1) is 8.20. The predicted octanol–water partition coefficient (Wildman–Crippen LogP) is 3.52. The third-order valence-corrected chi connectivity index (χ3v) is 5.84. The van der Waals surface area contributed by atoms with E-state index in [4.69, 9.17) is 0 Å². The fourth-order valence-corrected chi connectivity index (χ4v) is 4.29. The first kappa shape index (κ1) is 13.4. The molecule has 0 radical (unpaired) electrons. The molecule has 4 heteroatoms. The van der Waals surface area contributed by atoms with Crippen molar-refractivity contribution in [2.45, 2.75) is 57.4 Å².